The van der Waals surface area contributed by atoms with Crippen LogP contribution in [0.5, 0.6) is 0 Å². The van der Waals surface area contributed by atoms with Crippen molar-refractivity contribution in [2.75, 3.05) is 12.8 Å². The van der Waals surface area contributed by atoms with Gasteiger partial charge in [-0.15, -0.1) is 0 Å². The van der Waals surface area contributed by atoms with Crippen LogP contribution in [0.2, 0.25) is 0 Å². The molecule has 0 aromatic rings. The minimum atomic E-state index is -3.05. The van der Waals surface area contributed by atoms with Crippen LogP contribution in [0.3, 0.4) is 0 Å². The quantitative estimate of drug-likeness (QED) is 0.630. The van der Waals surface area contributed by atoms with Crippen molar-refractivity contribution in [2.45, 2.75) is 31.8 Å². The molecule has 0 saturated carbocycles. The lowest BCUT2D eigenvalue weighted by molar-refractivity contribution is 0.349. The number of piperidine rings is 1. The van der Waals surface area contributed by atoms with Crippen molar-refractivity contribution in [2.24, 2.45) is 0 Å². The summed E-state index contributed by atoms with van der Waals surface area (Å²) < 4.78 is 24.4. The molecule has 0 spiro atoms. The van der Waals surface area contributed by atoms with E-state index in [0.29, 0.717) is 0 Å². The van der Waals surface area contributed by atoms with E-state index in [1.54, 1.807) is 0 Å². The maximum atomic E-state index is 10.9. The molecule has 1 fully saturated rings. The molecule has 0 aromatic heterocycles. The van der Waals surface area contributed by atoms with Crippen molar-refractivity contribution in [3.05, 3.63) is 0 Å². The van der Waals surface area contributed by atoms with Crippen LogP contribution in [0.15, 0.2) is 0 Å². The zero-order chi connectivity index (χ0) is 9.19. The van der Waals surface area contributed by atoms with E-state index in [0.717, 1.165) is 19.4 Å². The molecule has 1 aliphatic heterocycles. The van der Waals surface area contributed by atoms with E-state index in [2.05, 4.69) is 10.0 Å². The van der Waals surface area contributed by atoms with Crippen LogP contribution < -0.4 is 10.0 Å². The van der Waals surface area contributed by atoms with Gasteiger partial charge in [0.05, 0.1) is 6.26 Å². The molecule has 0 radical (unpaired) electrons. The van der Waals surface area contributed by atoms with Gasteiger partial charge in [-0.25, -0.2) is 13.1 Å². The second-order valence-corrected chi connectivity index (χ2v) is 5.16. The molecule has 1 heterocycles. The summed E-state index contributed by atoms with van der Waals surface area (Å²) in [4.78, 5) is 0. The molecule has 0 amide bonds. The van der Waals surface area contributed by atoms with E-state index < -0.39 is 10.0 Å². The van der Waals surface area contributed by atoms with Gasteiger partial charge >= 0.3 is 0 Å². The molecule has 12 heavy (non-hydrogen) atoms. The first-order valence-corrected chi connectivity index (χ1v) is 6.09. The summed E-state index contributed by atoms with van der Waals surface area (Å²) in [6.45, 7) is 2.99. The van der Waals surface area contributed by atoms with E-state index >= 15 is 0 Å². The Hall–Kier alpha value is -0.130. The number of nitrogens with one attached hydrogen (secondary N) is 2. The standard InChI is InChI=1S/C7H16N2O2S/c1-6-7(4-3-5-8-6)9-12(2,10)11/h6-9H,3-5H2,1-2H3/t6-,7-/m0/s1. The van der Waals surface area contributed by atoms with Crippen LogP contribution in [0.1, 0.15) is 19.8 Å². The molecular weight excluding hydrogens is 176 g/mol. The van der Waals surface area contributed by atoms with Crippen LogP contribution in [0, 0.1) is 0 Å². The topological polar surface area (TPSA) is 58.2 Å². The highest BCUT2D eigenvalue weighted by atomic mass is 32.2. The van der Waals surface area contributed by atoms with E-state index in [-0.39, 0.29) is 12.1 Å². The fraction of sp³-hybridized carbons (Fsp3) is 1.00. The predicted molar refractivity (Wildman–Crippen MR) is 48.5 cm³/mol. The predicted octanol–water partition coefficient (Wildman–Crippen LogP) is -0.324. The fourth-order valence-electron chi connectivity index (χ4n) is 1.48. The van der Waals surface area contributed by atoms with Crippen molar-refractivity contribution in [3.63, 3.8) is 0 Å². The van der Waals surface area contributed by atoms with Crippen molar-refractivity contribution >= 4 is 10.0 Å². The Morgan fingerprint density at radius 3 is 2.67 bits per heavy atom. The van der Waals surface area contributed by atoms with Crippen LogP contribution in [0.4, 0.5) is 0 Å². The number of hydrogen-bond acceptors (Lipinski definition) is 3. The van der Waals surface area contributed by atoms with Gasteiger partial charge in [-0.2, -0.15) is 0 Å². The Labute approximate surface area is 73.8 Å². The molecule has 1 saturated heterocycles. The number of hydrogen-bond donors (Lipinski definition) is 2. The van der Waals surface area contributed by atoms with Crippen molar-refractivity contribution in [1.82, 2.24) is 10.0 Å². The van der Waals surface area contributed by atoms with Gasteiger partial charge in [0.25, 0.3) is 0 Å². The van der Waals surface area contributed by atoms with Crippen LogP contribution in [-0.2, 0) is 10.0 Å². The first-order chi connectivity index (χ1) is 5.49. The first-order valence-electron chi connectivity index (χ1n) is 4.20. The summed E-state index contributed by atoms with van der Waals surface area (Å²) in [7, 11) is -3.05. The third-order valence-electron chi connectivity index (χ3n) is 2.13. The Balaban J connectivity index is 2.50. The molecule has 5 heteroatoms. The minimum Gasteiger partial charge on any atom is -0.313 e. The first kappa shape index (κ1) is 9.95. The summed E-state index contributed by atoms with van der Waals surface area (Å²) in [5.41, 5.74) is 0. The van der Waals surface area contributed by atoms with Crippen LogP contribution >= 0.6 is 0 Å². The third-order valence-corrected chi connectivity index (χ3v) is 2.86. The van der Waals surface area contributed by atoms with Gasteiger partial charge in [0.1, 0.15) is 0 Å². The zero-order valence-corrected chi connectivity index (χ0v) is 8.32. The van der Waals surface area contributed by atoms with Gasteiger partial charge in [0.2, 0.25) is 10.0 Å². The van der Waals surface area contributed by atoms with Crippen molar-refractivity contribution in [1.29, 1.82) is 0 Å². The van der Waals surface area contributed by atoms with Crippen LogP contribution in [0.25, 0.3) is 0 Å². The Morgan fingerprint density at radius 1 is 1.50 bits per heavy atom. The summed E-state index contributed by atoms with van der Waals surface area (Å²) in [5.74, 6) is 0. The average molecular weight is 192 g/mol. The minimum absolute atomic E-state index is 0.0637. The number of rotatable bonds is 2. The van der Waals surface area contributed by atoms with E-state index in [4.69, 9.17) is 0 Å². The molecule has 1 aliphatic rings. The molecule has 0 bridgehead atoms. The molecule has 2 N–H and O–H groups in total. The molecule has 72 valence electrons. The lowest BCUT2D eigenvalue weighted by Gasteiger charge is -2.29. The maximum absolute atomic E-state index is 10.9. The van der Waals surface area contributed by atoms with Gasteiger partial charge in [-0.05, 0) is 26.3 Å². The molecule has 1 rings (SSSR count). The van der Waals surface area contributed by atoms with Gasteiger partial charge in [0.15, 0.2) is 0 Å². The molecular formula is C7H16N2O2S. The second-order valence-electron chi connectivity index (χ2n) is 3.38. The summed E-state index contributed by atoms with van der Waals surface area (Å²) in [5, 5.41) is 3.23. The lowest BCUT2D eigenvalue weighted by Crippen LogP contribution is -2.51. The Kier molecular flexibility index (Phi) is 3.09. The van der Waals surface area contributed by atoms with Gasteiger partial charge in [-0.3, -0.25) is 0 Å². The summed E-state index contributed by atoms with van der Waals surface area (Å²) >= 11 is 0. The van der Waals surface area contributed by atoms with E-state index in [1.807, 2.05) is 6.92 Å². The monoisotopic (exact) mass is 192 g/mol. The normalized spacial score (nSPS) is 31.8. The SMILES string of the molecule is C[C@@H]1NCCC[C@@H]1NS(C)(=O)=O. The molecule has 0 unspecified atom stereocenters. The van der Waals surface area contributed by atoms with Crippen molar-refractivity contribution < 1.29 is 8.42 Å². The largest absolute Gasteiger partial charge is 0.313 e. The van der Waals surface area contributed by atoms with Gasteiger partial charge in [0, 0.05) is 12.1 Å². The second kappa shape index (κ2) is 3.72. The maximum Gasteiger partial charge on any atom is 0.209 e. The van der Waals surface area contributed by atoms with E-state index in [9.17, 15) is 8.42 Å². The van der Waals surface area contributed by atoms with Gasteiger partial charge < -0.3 is 5.32 Å². The fourth-order valence-corrected chi connectivity index (χ4v) is 2.35. The molecule has 2 atom stereocenters. The number of sulfonamides is 1. The zero-order valence-electron chi connectivity index (χ0n) is 7.50. The average Bonchev–Trinajstić information content (AvgIpc) is 1.91. The Bertz CT molecular complexity index is 238. The molecule has 4 nitrogen and oxygen atoms in total. The lowest BCUT2D eigenvalue weighted by atomic mass is 10.0. The smallest absolute Gasteiger partial charge is 0.209 e. The highest BCUT2D eigenvalue weighted by Crippen LogP contribution is 2.08. The highest BCUT2D eigenvalue weighted by Gasteiger charge is 2.22. The van der Waals surface area contributed by atoms with Gasteiger partial charge in [-0.1, -0.05) is 0 Å². The Morgan fingerprint density at radius 2 is 2.17 bits per heavy atom. The summed E-state index contributed by atoms with van der Waals surface area (Å²) in [6.07, 6.45) is 3.17. The summed E-state index contributed by atoms with van der Waals surface area (Å²) in [6, 6.07) is 0.308. The molecule has 0 aromatic carbocycles. The van der Waals surface area contributed by atoms with Crippen LogP contribution in [-0.4, -0.2) is 33.3 Å². The molecule has 0 aliphatic carbocycles. The highest BCUT2D eigenvalue weighted by molar-refractivity contribution is 7.88. The van der Waals surface area contributed by atoms with Crippen molar-refractivity contribution in [3.8, 4) is 0 Å². The third kappa shape index (κ3) is 3.08. The van der Waals surface area contributed by atoms with E-state index in [1.165, 1.54) is 6.26 Å².